The van der Waals surface area contributed by atoms with Crippen molar-refractivity contribution in [1.82, 2.24) is 0 Å². The number of hydrogen-bond donors (Lipinski definition) is 2. The molecular weight excluding hydrogens is 1390 g/mol. The summed E-state index contributed by atoms with van der Waals surface area (Å²) in [4.78, 5) is 4.38. The van der Waals surface area contributed by atoms with Gasteiger partial charge in [0.15, 0.2) is 0 Å². The number of hydrogen-bond acceptors (Lipinski definition) is 6. The fourth-order valence-corrected chi connectivity index (χ4v) is 25.4. The first-order chi connectivity index (χ1) is 54.7. The Bertz CT molecular complexity index is 4970. The molecule has 1 saturated carbocycles. The molecule has 2 atom stereocenters. The molecule has 114 heavy (non-hydrogen) atoms. The third kappa shape index (κ3) is 13.7. The van der Waals surface area contributed by atoms with Crippen molar-refractivity contribution in [2.75, 3.05) is 9.80 Å². The normalized spacial score (nSPS) is 20.4. The van der Waals surface area contributed by atoms with E-state index in [2.05, 4.69) is 290 Å². The Morgan fingerprint density at radius 2 is 0.518 bits per heavy atom. The number of phenols is 2. The van der Waals surface area contributed by atoms with Crippen molar-refractivity contribution in [2.24, 2.45) is 0 Å². The van der Waals surface area contributed by atoms with Gasteiger partial charge in [-0.25, -0.2) is 0 Å². The van der Waals surface area contributed by atoms with Crippen LogP contribution in [0.15, 0.2) is 206 Å². The second kappa shape index (κ2) is 31.1. The standard InChI is InChI=1S/C108H128N2O4/c1-17-57-105(58-18-2)68-102(11,12)95-81(29-26-34-88(95)105)71-37-45-75(46-38-71)109(76-47-39-72(40-48-76)82-30-27-35-89-96(82)103(13,14)69-106(89,59-19-3)60-20-4)79-53-55-85(91(111)65-79)93-99(113)94(100(93)114)86-56-54-80(66-92(86)112)110(77-49-41-73(42-50-77)83-31-28-36-90-97(83)104(15,16)70-107(90,61-21-5)62-22-6)78-51-43-74(44-52-78)84-32-25-33-87-98(84)108(63-23-7,64-24-8)67-101(87,9)10/h25-56,65-66,93-94,99-100,111-112H,17-24,57-64,67-70H2,1-16H3/q-2. The summed E-state index contributed by atoms with van der Waals surface area (Å²) in [5, 5.41) is 55.2. The highest BCUT2D eigenvalue weighted by molar-refractivity contribution is 5.86. The number of aromatic hydroxyl groups is 2. The summed E-state index contributed by atoms with van der Waals surface area (Å²) in [6.45, 7) is 38.2. The van der Waals surface area contributed by atoms with Crippen molar-refractivity contribution in [2.45, 2.75) is 307 Å². The highest BCUT2D eigenvalue weighted by Crippen LogP contribution is 2.63. The molecule has 0 bridgehead atoms. The monoisotopic (exact) mass is 1520 g/mol. The molecule has 6 nitrogen and oxygen atoms in total. The van der Waals surface area contributed by atoms with E-state index in [1.54, 1.807) is 24.3 Å². The van der Waals surface area contributed by atoms with Crippen molar-refractivity contribution < 1.29 is 20.4 Å². The highest BCUT2D eigenvalue weighted by atomic mass is 16.3. The van der Waals surface area contributed by atoms with Gasteiger partial charge < -0.3 is 30.2 Å². The first-order valence-corrected chi connectivity index (χ1v) is 44.2. The molecule has 2 N–H and O–H groups in total. The minimum atomic E-state index is -1.43. The Labute approximate surface area is 684 Å². The van der Waals surface area contributed by atoms with Crippen molar-refractivity contribution in [1.29, 1.82) is 0 Å². The molecule has 5 aliphatic rings. The predicted octanol–water partition coefficient (Wildman–Crippen LogP) is 28.1. The SMILES string of the molecule is CCCC1(CCC)CC(C)(C)c2c(-c3ccc(N(c4ccc(-c5cccc6c5C(C)(C)CC6(CCC)CCC)cc4)c4ccc(C5C([O-])C(c6ccc(N(c7ccc(-c8cccc9c8C(C)(C)CC9(CCC)CCC)cc7)c7ccc(-c8cccc9c8C(CCC)(CCC)CC9(C)C)cc7)cc6O)C5[O-])c(O)c4)cc3)cccc21. The van der Waals surface area contributed by atoms with E-state index < -0.39 is 24.0 Å². The molecular formula is C108H128N2O4-2. The first kappa shape index (κ1) is 80.5. The van der Waals surface area contributed by atoms with Crippen molar-refractivity contribution in [3.05, 3.63) is 262 Å². The quantitative estimate of drug-likeness (QED) is 0.0508. The van der Waals surface area contributed by atoms with Gasteiger partial charge in [0.25, 0.3) is 0 Å². The smallest absolute Gasteiger partial charge is 0.121 e. The van der Waals surface area contributed by atoms with Crippen LogP contribution < -0.4 is 20.0 Å². The molecule has 596 valence electrons. The van der Waals surface area contributed by atoms with Crippen LogP contribution in [0.2, 0.25) is 0 Å². The van der Waals surface area contributed by atoms with E-state index >= 15 is 10.2 Å². The van der Waals surface area contributed by atoms with E-state index in [9.17, 15) is 10.2 Å². The molecule has 0 aromatic heterocycles. The average Bonchev–Trinajstić information content (AvgIpc) is 1.10. The fraction of sp³-hybridized carbons (Fsp3) is 0.444. The Kier molecular flexibility index (Phi) is 21.9. The lowest BCUT2D eigenvalue weighted by Crippen LogP contribution is -2.63. The highest BCUT2D eigenvalue weighted by Gasteiger charge is 2.52. The summed E-state index contributed by atoms with van der Waals surface area (Å²) in [5.41, 5.74) is 28.2. The molecule has 6 heteroatoms. The third-order valence-electron chi connectivity index (χ3n) is 28.6. The second-order valence-corrected chi connectivity index (χ2v) is 38.6. The second-order valence-electron chi connectivity index (χ2n) is 38.6. The van der Waals surface area contributed by atoms with Crippen LogP contribution in [0.3, 0.4) is 0 Å². The molecule has 0 radical (unpaired) electrons. The zero-order valence-corrected chi connectivity index (χ0v) is 71.7. The van der Waals surface area contributed by atoms with Gasteiger partial charge in [0, 0.05) is 46.3 Å². The van der Waals surface area contributed by atoms with Crippen molar-refractivity contribution in [3.8, 4) is 56.0 Å². The van der Waals surface area contributed by atoms with Crippen molar-refractivity contribution in [3.63, 3.8) is 0 Å². The van der Waals surface area contributed by atoms with Gasteiger partial charge in [-0.3, -0.25) is 0 Å². The minimum Gasteiger partial charge on any atom is -0.851 e. The Hall–Kier alpha value is -8.68. The molecule has 2 unspecified atom stereocenters. The topological polar surface area (TPSA) is 93.1 Å². The maximum absolute atomic E-state index is 15.1. The average molecular weight is 1520 g/mol. The Morgan fingerprint density at radius 1 is 0.281 bits per heavy atom. The van der Waals surface area contributed by atoms with E-state index in [0.29, 0.717) is 22.5 Å². The molecule has 0 amide bonds. The lowest BCUT2D eigenvalue weighted by Gasteiger charge is -2.61. The lowest BCUT2D eigenvalue weighted by molar-refractivity contribution is -0.536. The van der Waals surface area contributed by atoms with Crippen LogP contribution in [0.1, 0.15) is 307 Å². The number of phenolic OH excluding ortho intramolecular Hbond substituents is 2. The zero-order chi connectivity index (χ0) is 80.7. The van der Waals surface area contributed by atoms with Crippen LogP contribution in [-0.4, -0.2) is 22.4 Å². The number of fused-ring (bicyclic) bond motifs is 4. The number of benzene rings is 10. The van der Waals surface area contributed by atoms with Gasteiger partial charge in [-0.05, 0) is 293 Å². The summed E-state index contributed by atoms with van der Waals surface area (Å²) in [6.07, 6.45) is 20.3. The van der Waals surface area contributed by atoms with Gasteiger partial charge in [0.1, 0.15) is 11.5 Å². The molecule has 0 aliphatic heterocycles. The van der Waals surface area contributed by atoms with Crippen LogP contribution in [0.5, 0.6) is 11.5 Å². The van der Waals surface area contributed by atoms with E-state index in [1.807, 2.05) is 12.1 Å². The molecule has 15 rings (SSSR count). The van der Waals surface area contributed by atoms with Crippen LogP contribution >= 0.6 is 0 Å². The van der Waals surface area contributed by atoms with Crippen molar-refractivity contribution >= 4 is 34.1 Å². The van der Waals surface area contributed by atoms with Gasteiger partial charge in [-0.1, -0.05) is 296 Å². The molecule has 0 saturated heterocycles. The van der Waals surface area contributed by atoms with E-state index in [-0.39, 0.29) is 54.8 Å². The molecule has 10 aromatic carbocycles. The van der Waals surface area contributed by atoms with Crippen LogP contribution in [-0.2, 0) is 43.3 Å². The first-order valence-electron chi connectivity index (χ1n) is 44.2. The summed E-state index contributed by atoms with van der Waals surface area (Å²) >= 11 is 0. The summed E-state index contributed by atoms with van der Waals surface area (Å²) in [6, 6.07) is 74.7. The molecule has 5 aliphatic carbocycles. The summed E-state index contributed by atoms with van der Waals surface area (Å²) in [7, 11) is 0. The number of anilines is 6. The molecule has 0 spiro atoms. The molecule has 0 heterocycles. The van der Waals surface area contributed by atoms with E-state index in [4.69, 9.17) is 0 Å². The zero-order valence-electron chi connectivity index (χ0n) is 71.7. The van der Waals surface area contributed by atoms with E-state index in [1.165, 1.54) is 128 Å². The molecule has 10 aromatic rings. The van der Waals surface area contributed by atoms with Crippen LogP contribution in [0.25, 0.3) is 44.5 Å². The van der Waals surface area contributed by atoms with Gasteiger partial charge in [0.2, 0.25) is 0 Å². The van der Waals surface area contributed by atoms with Gasteiger partial charge in [-0.15, -0.1) is 12.2 Å². The lowest BCUT2D eigenvalue weighted by atomic mass is 9.63. The number of nitrogens with zero attached hydrogens (tertiary/aromatic N) is 2. The Morgan fingerprint density at radius 3 is 0.781 bits per heavy atom. The maximum atomic E-state index is 15.1. The summed E-state index contributed by atoms with van der Waals surface area (Å²) < 4.78 is 0. The van der Waals surface area contributed by atoms with E-state index in [0.717, 1.165) is 113 Å². The predicted molar refractivity (Wildman–Crippen MR) is 477 cm³/mol. The van der Waals surface area contributed by atoms with Gasteiger partial charge in [0.05, 0.1) is 0 Å². The van der Waals surface area contributed by atoms with Crippen LogP contribution in [0.4, 0.5) is 34.1 Å². The van der Waals surface area contributed by atoms with Crippen LogP contribution in [0, 0.1) is 0 Å². The minimum absolute atomic E-state index is 0.00323. The Balaban J connectivity index is 0.764. The van der Waals surface area contributed by atoms with Gasteiger partial charge >= 0.3 is 0 Å². The number of rotatable bonds is 28. The maximum Gasteiger partial charge on any atom is 0.121 e. The third-order valence-corrected chi connectivity index (χ3v) is 28.6. The summed E-state index contributed by atoms with van der Waals surface area (Å²) in [5.74, 6) is -2.28. The largest absolute Gasteiger partial charge is 0.851 e. The van der Waals surface area contributed by atoms with Gasteiger partial charge in [-0.2, -0.15) is 0 Å². The fourth-order valence-electron chi connectivity index (χ4n) is 25.4. The molecule has 1 fully saturated rings.